The van der Waals surface area contributed by atoms with Crippen molar-refractivity contribution in [2.24, 2.45) is 11.8 Å². The van der Waals surface area contributed by atoms with Gasteiger partial charge >= 0.3 is 5.97 Å². The molecule has 3 rings (SSSR count). The Bertz CT molecular complexity index is 1100. The highest BCUT2D eigenvalue weighted by atomic mass is 35.5. The number of hydrogen-bond donors (Lipinski definition) is 1. The highest BCUT2D eigenvalue weighted by Gasteiger charge is 2.28. The van der Waals surface area contributed by atoms with E-state index in [9.17, 15) is 14.7 Å². The van der Waals surface area contributed by atoms with E-state index in [1.165, 1.54) is 0 Å². The second-order valence-corrected chi connectivity index (χ2v) is 9.97. The third-order valence-electron chi connectivity index (χ3n) is 6.58. The number of aliphatic carboxylic acids is 1. The SMILES string of the molecule is COC(C)(C)C#Cc1nc(Cl)n(Cc2cccc(C)c2)c1C(=O)CCC1CCC(C(=O)O)CC1. The fraction of sp³-hybridized carbons (Fsp3) is 0.519. The summed E-state index contributed by atoms with van der Waals surface area (Å²) in [4.78, 5) is 29.1. The molecule has 0 aliphatic heterocycles. The molecule has 0 spiro atoms. The van der Waals surface area contributed by atoms with Gasteiger partial charge in [-0.15, -0.1) is 0 Å². The molecule has 0 saturated heterocycles. The Hall–Kier alpha value is -2.62. The second-order valence-electron chi connectivity index (χ2n) is 9.64. The van der Waals surface area contributed by atoms with Crippen LogP contribution in [0.4, 0.5) is 0 Å². The van der Waals surface area contributed by atoms with E-state index in [0.717, 1.165) is 30.4 Å². The van der Waals surface area contributed by atoms with Crippen molar-refractivity contribution in [1.29, 1.82) is 0 Å². The van der Waals surface area contributed by atoms with Gasteiger partial charge in [-0.25, -0.2) is 4.98 Å². The summed E-state index contributed by atoms with van der Waals surface area (Å²) < 4.78 is 7.13. The topological polar surface area (TPSA) is 81.4 Å². The number of carbonyl (C=O) groups excluding carboxylic acids is 1. The van der Waals surface area contributed by atoms with E-state index >= 15 is 0 Å². The number of aryl methyl sites for hydroxylation is 1. The number of Topliss-reactive ketones (excluding diaryl/α,β-unsaturated/α-hetero) is 1. The first-order valence-corrected chi connectivity index (χ1v) is 12.1. The fourth-order valence-corrected chi connectivity index (χ4v) is 4.57. The first-order valence-electron chi connectivity index (χ1n) is 11.8. The van der Waals surface area contributed by atoms with E-state index in [1.807, 2.05) is 39.0 Å². The summed E-state index contributed by atoms with van der Waals surface area (Å²) >= 11 is 6.51. The van der Waals surface area contributed by atoms with Crippen LogP contribution < -0.4 is 0 Å². The minimum absolute atomic E-state index is 0.0491. The molecule has 1 aromatic carbocycles. The van der Waals surface area contributed by atoms with Crippen molar-refractivity contribution < 1.29 is 19.4 Å². The molecule has 7 heteroatoms. The summed E-state index contributed by atoms with van der Waals surface area (Å²) in [5, 5.41) is 9.45. The Labute approximate surface area is 206 Å². The lowest BCUT2D eigenvalue weighted by Gasteiger charge is -2.25. The Balaban J connectivity index is 1.84. The van der Waals surface area contributed by atoms with Gasteiger partial charge in [0.25, 0.3) is 0 Å². The minimum Gasteiger partial charge on any atom is -0.481 e. The monoisotopic (exact) mass is 484 g/mol. The molecular formula is C27H33ClN2O4. The Morgan fingerprint density at radius 2 is 1.97 bits per heavy atom. The maximum absolute atomic E-state index is 13.5. The van der Waals surface area contributed by atoms with Gasteiger partial charge in [-0.2, -0.15) is 0 Å². The number of imidazole rings is 1. The first-order chi connectivity index (χ1) is 16.1. The number of ketones is 1. The highest BCUT2D eigenvalue weighted by molar-refractivity contribution is 6.29. The van der Waals surface area contributed by atoms with Gasteiger partial charge in [0, 0.05) is 13.5 Å². The molecule has 2 aromatic rings. The molecule has 6 nitrogen and oxygen atoms in total. The van der Waals surface area contributed by atoms with Crippen LogP contribution in [0.5, 0.6) is 0 Å². The third kappa shape index (κ3) is 6.71. The largest absolute Gasteiger partial charge is 0.481 e. The number of carboxylic acid groups (broad SMARTS) is 1. The molecule has 0 radical (unpaired) electrons. The summed E-state index contributed by atoms with van der Waals surface area (Å²) in [5.41, 5.74) is 2.25. The van der Waals surface area contributed by atoms with Gasteiger partial charge in [-0.3, -0.25) is 9.59 Å². The molecular weight excluding hydrogens is 452 g/mol. The average Bonchev–Trinajstić information content (AvgIpc) is 3.11. The van der Waals surface area contributed by atoms with Crippen LogP contribution >= 0.6 is 11.6 Å². The molecule has 182 valence electrons. The molecule has 0 bridgehead atoms. The van der Waals surface area contributed by atoms with E-state index in [1.54, 1.807) is 11.7 Å². The number of ether oxygens (including phenoxy) is 1. The number of aromatic nitrogens is 2. The van der Waals surface area contributed by atoms with Crippen molar-refractivity contribution in [2.75, 3.05) is 7.11 Å². The second kappa shape index (κ2) is 11.2. The molecule has 1 aliphatic rings. The number of rotatable bonds is 8. The summed E-state index contributed by atoms with van der Waals surface area (Å²) in [6.07, 6.45) is 4.09. The average molecular weight is 485 g/mol. The van der Waals surface area contributed by atoms with Gasteiger partial charge in [0.15, 0.2) is 5.78 Å². The molecule has 0 amide bonds. The van der Waals surface area contributed by atoms with Gasteiger partial charge < -0.3 is 14.4 Å². The summed E-state index contributed by atoms with van der Waals surface area (Å²) in [5.74, 6) is 5.39. The zero-order valence-electron chi connectivity index (χ0n) is 20.4. The zero-order chi connectivity index (χ0) is 24.9. The first kappa shape index (κ1) is 26.0. The number of hydrogen-bond acceptors (Lipinski definition) is 4. The Kier molecular flexibility index (Phi) is 8.57. The molecule has 1 saturated carbocycles. The molecule has 34 heavy (non-hydrogen) atoms. The quantitative estimate of drug-likeness (QED) is 0.394. The minimum atomic E-state index is -0.716. The highest BCUT2D eigenvalue weighted by Crippen LogP contribution is 2.32. The van der Waals surface area contributed by atoms with Crippen molar-refractivity contribution >= 4 is 23.4 Å². The van der Waals surface area contributed by atoms with E-state index < -0.39 is 11.6 Å². The number of nitrogens with zero attached hydrogens (tertiary/aromatic N) is 2. The standard InChI is InChI=1S/C27H33ClN2O4/c1-18-6-5-7-20(16-18)17-30-24(22(29-26(30)28)14-15-27(2,3)34-4)23(31)13-10-19-8-11-21(12-9-19)25(32)33/h5-7,16,19,21H,8-13,17H2,1-4H3,(H,32,33). The molecule has 1 heterocycles. The van der Waals surface area contributed by atoms with Crippen LogP contribution in [-0.4, -0.2) is 39.1 Å². The number of methoxy groups -OCH3 is 1. The van der Waals surface area contributed by atoms with Crippen molar-refractivity contribution in [3.05, 3.63) is 52.1 Å². The maximum Gasteiger partial charge on any atom is 0.306 e. The molecule has 0 unspecified atom stereocenters. The van der Waals surface area contributed by atoms with Crippen LogP contribution in [0, 0.1) is 30.6 Å². The number of halogens is 1. The van der Waals surface area contributed by atoms with Crippen LogP contribution in [0.15, 0.2) is 24.3 Å². The Morgan fingerprint density at radius 3 is 2.59 bits per heavy atom. The molecule has 1 aliphatic carbocycles. The summed E-state index contributed by atoms with van der Waals surface area (Å²) in [6.45, 7) is 6.14. The van der Waals surface area contributed by atoms with Gasteiger partial charge in [0.05, 0.1) is 12.5 Å². The smallest absolute Gasteiger partial charge is 0.306 e. The lowest BCUT2D eigenvalue weighted by molar-refractivity contribution is -0.143. The normalized spacial score (nSPS) is 18.3. The van der Waals surface area contributed by atoms with Gasteiger partial charge in [0.1, 0.15) is 17.0 Å². The van der Waals surface area contributed by atoms with Gasteiger partial charge in [0.2, 0.25) is 5.28 Å². The zero-order valence-corrected chi connectivity index (χ0v) is 21.1. The molecule has 0 atom stereocenters. The fourth-order valence-electron chi connectivity index (χ4n) is 4.35. The van der Waals surface area contributed by atoms with Crippen LogP contribution in [0.3, 0.4) is 0 Å². The van der Waals surface area contributed by atoms with E-state index in [4.69, 9.17) is 16.3 Å². The predicted octanol–water partition coefficient (Wildman–Crippen LogP) is 5.52. The van der Waals surface area contributed by atoms with Crippen LogP contribution in [-0.2, 0) is 16.1 Å². The van der Waals surface area contributed by atoms with Crippen LogP contribution in [0.2, 0.25) is 5.28 Å². The van der Waals surface area contributed by atoms with Gasteiger partial charge in [-0.05, 0) is 81.9 Å². The van der Waals surface area contributed by atoms with Crippen molar-refractivity contribution in [1.82, 2.24) is 9.55 Å². The van der Waals surface area contributed by atoms with Crippen molar-refractivity contribution in [2.45, 2.75) is 71.4 Å². The van der Waals surface area contributed by atoms with Crippen LogP contribution in [0.1, 0.15) is 79.7 Å². The van der Waals surface area contributed by atoms with E-state index in [-0.39, 0.29) is 17.0 Å². The van der Waals surface area contributed by atoms with E-state index in [2.05, 4.69) is 22.9 Å². The molecule has 1 N–H and O–H groups in total. The van der Waals surface area contributed by atoms with Crippen molar-refractivity contribution in [3.8, 4) is 11.8 Å². The van der Waals surface area contributed by atoms with Gasteiger partial charge in [-0.1, -0.05) is 35.7 Å². The molecule has 1 fully saturated rings. The third-order valence-corrected chi connectivity index (χ3v) is 6.86. The number of carboxylic acids is 1. The predicted molar refractivity (Wildman–Crippen MR) is 132 cm³/mol. The van der Waals surface area contributed by atoms with E-state index in [0.29, 0.717) is 43.1 Å². The molecule has 1 aromatic heterocycles. The lowest BCUT2D eigenvalue weighted by Crippen LogP contribution is -2.22. The van der Waals surface area contributed by atoms with Crippen molar-refractivity contribution in [3.63, 3.8) is 0 Å². The maximum atomic E-state index is 13.5. The van der Waals surface area contributed by atoms with Crippen LogP contribution in [0.25, 0.3) is 0 Å². The number of benzene rings is 1. The number of carbonyl (C=O) groups is 2. The summed E-state index contributed by atoms with van der Waals surface area (Å²) in [6, 6.07) is 8.06. The lowest BCUT2D eigenvalue weighted by atomic mass is 9.79. The Morgan fingerprint density at radius 1 is 1.26 bits per heavy atom. The summed E-state index contributed by atoms with van der Waals surface area (Å²) in [7, 11) is 1.59.